The highest BCUT2D eigenvalue weighted by Gasteiger charge is 2.37. The number of nitrogens with one attached hydrogen (secondary N) is 3. The summed E-state index contributed by atoms with van der Waals surface area (Å²) in [6, 6.07) is 10.9. The third-order valence-corrected chi connectivity index (χ3v) is 5.73. The second-order valence-electron chi connectivity index (χ2n) is 7.86. The topological polar surface area (TPSA) is 56.4 Å². The number of piperidine rings is 1. The molecule has 2 aliphatic heterocycles. The second-order valence-corrected chi connectivity index (χ2v) is 7.86. The van der Waals surface area contributed by atoms with Crippen molar-refractivity contribution in [1.29, 1.82) is 0 Å². The molecule has 0 aromatic heterocycles. The van der Waals surface area contributed by atoms with Gasteiger partial charge in [0.15, 0.2) is 0 Å². The number of hydrazine groups is 1. The van der Waals surface area contributed by atoms with E-state index in [4.69, 9.17) is 0 Å². The highest BCUT2D eigenvalue weighted by atomic mass is 16.2. The quantitative estimate of drug-likeness (QED) is 0.765. The minimum atomic E-state index is -0.185. The van der Waals surface area contributed by atoms with Crippen LogP contribution in [-0.2, 0) is 4.79 Å². The number of hydrogen-bond acceptors (Lipinski definition) is 4. The summed E-state index contributed by atoms with van der Waals surface area (Å²) in [4.78, 5) is 15.2. The molecule has 4 unspecified atom stereocenters. The molecule has 2 heterocycles. The highest BCUT2D eigenvalue weighted by molar-refractivity contribution is 5.82. The van der Waals surface area contributed by atoms with Gasteiger partial charge in [-0.2, -0.15) is 0 Å². The van der Waals surface area contributed by atoms with Crippen molar-refractivity contribution < 1.29 is 4.79 Å². The van der Waals surface area contributed by atoms with Crippen molar-refractivity contribution in [3.63, 3.8) is 0 Å². The van der Waals surface area contributed by atoms with E-state index >= 15 is 0 Å². The van der Waals surface area contributed by atoms with E-state index in [0.29, 0.717) is 12.0 Å². The lowest BCUT2D eigenvalue weighted by molar-refractivity contribution is -0.124. The number of hydrogen-bond donors (Lipinski definition) is 3. The second kappa shape index (κ2) is 8.30. The maximum atomic E-state index is 12.7. The average Bonchev–Trinajstić information content (AvgIpc) is 3.02. The summed E-state index contributed by atoms with van der Waals surface area (Å²) in [5.41, 5.74) is 7.71. The standard InChI is InChI=1S/C20H32N4O/c1-14(2)24-11-7-8-16(13-24)12-21-20(25)19-15(3)18(22-23-19)17-9-5-4-6-10-17/h4-6,9-10,14-16,18-19,22-23H,7-8,11-13H2,1-3H3,(H,21,25). The summed E-state index contributed by atoms with van der Waals surface area (Å²) in [7, 11) is 0. The van der Waals surface area contributed by atoms with Crippen LogP contribution in [0.3, 0.4) is 0 Å². The van der Waals surface area contributed by atoms with Crippen LogP contribution in [0.15, 0.2) is 30.3 Å². The van der Waals surface area contributed by atoms with E-state index in [1.807, 2.05) is 18.2 Å². The van der Waals surface area contributed by atoms with Crippen molar-refractivity contribution in [2.24, 2.45) is 11.8 Å². The average molecular weight is 345 g/mol. The lowest BCUT2D eigenvalue weighted by atomic mass is 9.90. The fraction of sp³-hybridized carbons (Fsp3) is 0.650. The predicted molar refractivity (Wildman–Crippen MR) is 101 cm³/mol. The van der Waals surface area contributed by atoms with E-state index in [0.717, 1.165) is 13.1 Å². The Balaban J connectivity index is 1.50. The maximum Gasteiger partial charge on any atom is 0.238 e. The summed E-state index contributed by atoms with van der Waals surface area (Å²) >= 11 is 0. The first kappa shape index (κ1) is 18.4. The van der Waals surface area contributed by atoms with E-state index in [2.05, 4.69) is 54.0 Å². The van der Waals surface area contributed by atoms with Gasteiger partial charge in [-0.1, -0.05) is 37.3 Å². The van der Waals surface area contributed by atoms with Crippen LogP contribution < -0.4 is 16.2 Å². The first-order valence-corrected chi connectivity index (χ1v) is 9.64. The fourth-order valence-electron chi connectivity index (χ4n) is 4.07. The molecule has 2 fully saturated rings. The van der Waals surface area contributed by atoms with Gasteiger partial charge < -0.3 is 10.2 Å². The van der Waals surface area contributed by atoms with Crippen LogP contribution in [-0.4, -0.2) is 42.5 Å². The van der Waals surface area contributed by atoms with Crippen molar-refractivity contribution in [3.05, 3.63) is 35.9 Å². The monoisotopic (exact) mass is 344 g/mol. The summed E-state index contributed by atoms with van der Waals surface area (Å²) in [6.45, 7) is 9.70. The molecule has 3 N–H and O–H groups in total. The van der Waals surface area contributed by atoms with Crippen LogP contribution in [0.2, 0.25) is 0 Å². The number of amides is 1. The van der Waals surface area contributed by atoms with E-state index in [1.165, 1.54) is 24.9 Å². The van der Waals surface area contributed by atoms with Gasteiger partial charge in [-0.05, 0) is 44.7 Å². The SMILES string of the molecule is CC1C(C(=O)NCC2CCCN(C(C)C)C2)NNC1c1ccccc1. The molecule has 138 valence electrons. The van der Waals surface area contributed by atoms with Crippen molar-refractivity contribution >= 4 is 5.91 Å². The molecule has 2 saturated heterocycles. The highest BCUT2D eigenvalue weighted by Crippen LogP contribution is 2.28. The third kappa shape index (κ3) is 4.40. The minimum absolute atomic E-state index is 0.111. The lowest BCUT2D eigenvalue weighted by Gasteiger charge is -2.35. The predicted octanol–water partition coefficient (Wildman–Crippen LogP) is 2.08. The van der Waals surface area contributed by atoms with Crippen LogP contribution in [0.4, 0.5) is 0 Å². The number of nitrogens with zero attached hydrogens (tertiary/aromatic N) is 1. The Morgan fingerprint density at radius 2 is 2.04 bits per heavy atom. The van der Waals surface area contributed by atoms with Gasteiger partial charge in [0, 0.05) is 25.0 Å². The molecule has 1 aromatic rings. The largest absolute Gasteiger partial charge is 0.354 e. The van der Waals surface area contributed by atoms with Gasteiger partial charge >= 0.3 is 0 Å². The molecule has 3 rings (SSSR count). The third-order valence-electron chi connectivity index (χ3n) is 5.73. The van der Waals surface area contributed by atoms with Gasteiger partial charge in [0.1, 0.15) is 6.04 Å². The molecule has 0 spiro atoms. The minimum Gasteiger partial charge on any atom is -0.354 e. The van der Waals surface area contributed by atoms with Gasteiger partial charge in [0.2, 0.25) is 5.91 Å². The molecule has 1 aromatic carbocycles. The van der Waals surface area contributed by atoms with Gasteiger partial charge in [0.05, 0.1) is 6.04 Å². The number of carbonyl (C=O) groups is 1. The van der Waals surface area contributed by atoms with Crippen molar-refractivity contribution in [3.8, 4) is 0 Å². The van der Waals surface area contributed by atoms with Crippen LogP contribution in [0.5, 0.6) is 0 Å². The van der Waals surface area contributed by atoms with Gasteiger partial charge in [0.25, 0.3) is 0 Å². The Morgan fingerprint density at radius 3 is 2.76 bits per heavy atom. The maximum absolute atomic E-state index is 12.7. The molecule has 1 amide bonds. The van der Waals surface area contributed by atoms with Gasteiger partial charge in [-0.25, -0.2) is 10.9 Å². The molecule has 2 aliphatic rings. The van der Waals surface area contributed by atoms with Gasteiger partial charge in [-0.3, -0.25) is 4.79 Å². The normalized spacial score (nSPS) is 30.6. The molecular formula is C20H32N4O. The Morgan fingerprint density at radius 1 is 1.28 bits per heavy atom. The first-order chi connectivity index (χ1) is 12.1. The van der Waals surface area contributed by atoms with Crippen LogP contribution in [0.25, 0.3) is 0 Å². The van der Waals surface area contributed by atoms with Crippen LogP contribution in [0, 0.1) is 11.8 Å². The molecule has 25 heavy (non-hydrogen) atoms. The Labute approximate surface area is 151 Å². The van der Waals surface area contributed by atoms with Crippen LogP contribution >= 0.6 is 0 Å². The molecular weight excluding hydrogens is 312 g/mol. The van der Waals surface area contributed by atoms with Crippen molar-refractivity contribution in [2.45, 2.75) is 51.7 Å². The number of likely N-dealkylation sites (tertiary alicyclic amines) is 1. The zero-order valence-corrected chi connectivity index (χ0v) is 15.7. The smallest absolute Gasteiger partial charge is 0.238 e. The summed E-state index contributed by atoms with van der Waals surface area (Å²) in [6.07, 6.45) is 2.44. The van der Waals surface area contributed by atoms with Gasteiger partial charge in [-0.15, -0.1) is 0 Å². The molecule has 4 atom stereocenters. The molecule has 5 heteroatoms. The zero-order chi connectivity index (χ0) is 17.8. The Hall–Kier alpha value is -1.43. The molecule has 0 saturated carbocycles. The molecule has 0 radical (unpaired) electrons. The molecule has 0 bridgehead atoms. The lowest BCUT2D eigenvalue weighted by Crippen LogP contribution is -2.48. The van der Waals surface area contributed by atoms with E-state index in [1.54, 1.807) is 0 Å². The van der Waals surface area contributed by atoms with E-state index in [9.17, 15) is 4.79 Å². The Kier molecular flexibility index (Phi) is 6.10. The van der Waals surface area contributed by atoms with E-state index in [-0.39, 0.29) is 23.9 Å². The number of carbonyl (C=O) groups excluding carboxylic acids is 1. The van der Waals surface area contributed by atoms with E-state index < -0.39 is 0 Å². The molecule has 0 aliphatic carbocycles. The Bertz CT molecular complexity index is 562. The summed E-state index contributed by atoms with van der Waals surface area (Å²) < 4.78 is 0. The summed E-state index contributed by atoms with van der Waals surface area (Å²) in [5, 5.41) is 3.19. The fourth-order valence-corrected chi connectivity index (χ4v) is 4.07. The van der Waals surface area contributed by atoms with Crippen LogP contribution in [0.1, 0.15) is 45.2 Å². The first-order valence-electron chi connectivity index (χ1n) is 9.64. The number of rotatable bonds is 5. The van der Waals surface area contributed by atoms with Crippen molar-refractivity contribution in [1.82, 2.24) is 21.1 Å². The number of benzene rings is 1. The zero-order valence-electron chi connectivity index (χ0n) is 15.7. The molecule has 5 nitrogen and oxygen atoms in total. The van der Waals surface area contributed by atoms with Crippen molar-refractivity contribution in [2.75, 3.05) is 19.6 Å². The summed E-state index contributed by atoms with van der Waals surface area (Å²) in [5.74, 6) is 0.885.